The van der Waals surface area contributed by atoms with Gasteiger partial charge in [-0.25, -0.2) is 8.78 Å². The summed E-state index contributed by atoms with van der Waals surface area (Å²) >= 11 is 4.20. The molecule has 3 aromatic carbocycles. The molecule has 0 aliphatic heterocycles. The predicted molar refractivity (Wildman–Crippen MR) is 103 cm³/mol. The Morgan fingerprint density at radius 2 is 1.12 bits per heavy atom. The van der Waals surface area contributed by atoms with Crippen molar-refractivity contribution in [2.24, 2.45) is 0 Å². The third kappa shape index (κ3) is 4.54. The Kier molecular flexibility index (Phi) is 5.42. The highest BCUT2D eigenvalue weighted by atomic mass is 32.1. The van der Waals surface area contributed by atoms with Gasteiger partial charge in [0.15, 0.2) is 0 Å². The van der Waals surface area contributed by atoms with Crippen LogP contribution in [-0.4, -0.2) is 0 Å². The molecular formula is C23H14F2S. The van der Waals surface area contributed by atoms with Crippen LogP contribution in [0.25, 0.3) is 0 Å². The fourth-order valence-electron chi connectivity index (χ4n) is 2.23. The minimum Gasteiger partial charge on any atom is -0.205 e. The van der Waals surface area contributed by atoms with E-state index in [1.54, 1.807) is 24.3 Å². The lowest BCUT2D eigenvalue weighted by Crippen LogP contribution is -1.92. The van der Waals surface area contributed by atoms with Crippen molar-refractivity contribution in [1.29, 1.82) is 0 Å². The van der Waals surface area contributed by atoms with Crippen molar-refractivity contribution in [2.75, 3.05) is 0 Å². The molecule has 3 heteroatoms. The molecule has 0 saturated carbocycles. The van der Waals surface area contributed by atoms with Crippen LogP contribution in [0.2, 0.25) is 0 Å². The highest BCUT2D eigenvalue weighted by Crippen LogP contribution is 2.15. The largest absolute Gasteiger partial charge is 0.205 e. The summed E-state index contributed by atoms with van der Waals surface area (Å²) in [6.45, 7) is 1.96. The van der Waals surface area contributed by atoms with Crippen LogP contribution in [0.1, 0.15) is 27.8 Å². The van der Waals surface area contributed by atoms with E-state index in [4.69, 9.17) is 0 Å². The van der Waals surface area contributed by atoms with Crippen LogP contribution in [0.3, 0.4) is 0 Å². The number of aryl methyl sites for hydroxylation is 1. The molecule has 126 valence electrons. The van der Waals surface area contributed by atoms with Gasteiger partial charge in [0.05, 0.1) is 5.56 Å². The van der Waals surface area contributed by atoms with Crippen molar-refractivity contribution in [2.45, 2.75) is 11.8 Å². The lowest BCUT2D eigenvalue weighted by Gasteiger charge is -1.99. The maximum atomic E-state index is 14.2. The molecular weight excluding hydrogens is 346 g/mol. The molecule has 0 amide bonds. The molecule has 0 bridgehead atoms. The maximum absolute atomic E-state index is 14.2. The van der Waals surface area contributed by atoms with Crippen molar-refractivity contribution >= 4 is 12.6 Å². The van der Waals surface area contributed by atoms with E-state index in [0.717, 1.165) is 16.0 Å². The first-order valence-electron chi connectivity index (χ1n) is 7.90. The van der Waals surface area contributed by atoms with Gasteiger partial charge < -0.3 is 0 Å². The maximum Gasteiger partial charge on any atom is 0.143 e. The standard InChI is InChI=1S/C23H14F2S/c1-16-2-4-17(5-3-16)10-13-21-22(24)14-19(15-23(21)25)7-6-18-8-11-20(26)12-9-18/h2-5,8-9,11-12,14-15,26H,1H3. The number of hydrogen-bond acceptors (Lipinski definition) is 1. The van der Waals surface area contributed by atoms with Crippen LogP contribution in [0, 0.1) is 42.2 Å². The summed E-state index contributed by atoms with van der Waals surface area (Å²) in [4.78, 5) is 0.823. The molecule has 0 heterocycles. The molecule has 0 aromatic heterocycles. The topological polar surface area (TPSA) is 0 Å². The predicted octanol–water partition coefficient (Wildman–Crippen LogP) is 5.36. The Labute approximate surface area is 157 Å². The van der Waals surface area contributed by atoms with Gasteiger partial charge in [-0.15, -0.1) is 12.6 Å². The monoisotopic (exact) mass is 360 g/mol. The van der Waals surface area contributed by atoms with E-state index in [9.17, 15) is 8.78 Å². The fourth-order valence-corrected chi connectivity index (χ4v) is 2.37. The van der Waals surface area contributed by atoms with Gasteiger partial charge in [-0.2, -0.15) is 0 Å². The summed E-state index contributed by atoms with van der Waals surface area (Å²) in [5.41, 5.74) is 2.55. The van der Waals surface area contributed by atoms with Crippen molar-refractivity contribution < 1.29 is 8.78 Å². The first-order valence-corrected chi connectivity index (χ1v) is 8.35. The number of halogens is 2. The number of benzene rings is 3. The summed E-state index contributed by atoms with van der Waals surface area (Å²) in [6, 6.07) is 17.0. The minimum absolute atomic E-state index is 0.254. The molecule has 0 unspecified atom stereocenters. The van der Waals surface area contributed by atoms with Crippen LogP contribution in [0.15, 0.2) is 65.6 Å². The molecule has 0 spiro atoms. The lowest BCUT2D eigenvalue weighted by molar-refractivity contribution is 0.577. The van der Waals surface area contributed by atoms with E-state index in [0.29, 0.717) is 5.56 Å². The van der Waals surface area contributed by atoms with Crippen LogP contribution in [-0.2, 0) is 0 Å². The summed E-state index contributed by atoms with van der Waals surface area (Å²) in [5.74, 6) is 9.54. The average Bonchev–Trinajstić information content (AvgIpc) is 2.62. The van der Waals surface area contributed by atoms with Gasteiger partial charge >= 0.3 is 0 Å². The van der Waals surface area contributed by atoms with Gasteiger partial charge in [-0.3, -0.25) is 0 Å². The third-order valence-corrected chi connectivity index (χ3v) is 3.94. The Morgan fingerprint density at radius 1 is 0.654 bits per heavy atom. The summed E-state index contributed by atoms with van der Waals surface area (Å²) in [7, 11) is 0. The highest BCUT2D eigenvalue weighted by molar-refractivity contribution is 7.80. The van der Waals surface area contributed by atoms with E-state index in [-0.39, 0.29) is 11.1 Å². The van der Waals surface area contributed by atoms with E-state index in [1.165, 1.54) is 12.1 Å². The molecule has 0 fully saturated rings. The second-order valence-corrected chi connectivity index (χ2v) is 6.24. The summed E-state index contributed by atoms with van der Waals surface area (Å²) < 4.78 is 28.5. The van der Waals surface area contributed by atoms with Gasteiger partial charge in [0.2, 0.25) is 0 Å². The molecule has 0 nitrogen and oxygen atoms in total. The van der Waals surface area contributed by atoms with Gasteiger partial charge in [0.1, 0.15) is 11.6 Å². The number of hydrogen-bond donors (Lipinski definition) is 1. The van der Waals surface area contributed by atoms with Gasteiger partial charge in [0, 0.05) is 21.6 Å². The normalized spacial score (nSPS) is 9.69. The Morgan fingerprint density at radius 3 is 1.69 bits per heavy atom. The molecule has 0 atom stereocenters. The van der Waals surface area contributed by atoms with Gasteiger partial charge in [-0.05, 0) is 55.5 Å². The van der Waals surface area contributed by atoms with Crippen molar-refractivity contribution in [3.05, 3.63) is 100 Å². The third-order valence-electron chi connectivity index (χ3n) is 3.64. The van der Waals surface area contributed by atoms with Crippen molar-refractivity contribution in [1.82, 2.24) is 0 Å². The Balaban J connectivity index is 1.87. The zero-order valence-corrected chi connectivity index (χ0v) is 14.9. The molecule has 3 rings (SSSR count). The summed E-state index contributed by atoms with van der Waals surface area (Å²) in [6.07, 6.45) is 0. The lowest BCUT2D eigenvalue weighted by atomic mass is 10.1. The van der Waals surface area contributed by atoms with Crippen LogP contribution in [0.5, 0.6) is 0 Å². The highest BCUT2D eigenvalue weighted by Gasteiger charge is 2.08. The SMILES string of the molecule is Cc1ccc(C#Cc2c(F)cc(C#Cc3ccc(S)cc3)cc2F)cc1. The second kappa shape index (κ2) is 7.91. The fraction of sp³-hybridized carbons (Fsp3) is 0.0435. The molecule has 0 radical (unpaired) electrons. The zero-order chi connectivity index (χ0) is 18.5. The molecule has 0 saturated heterocycles. The number of thiol groups is 1. The van der Waals surface area contributed by atoms with E-state index >= 15 is 0 Å². The van der Waals surface area contributed by atoms with Crippen LogP contribution in [0.4, 0.5) is 8.78 Å². The Bertz CT molecular complexity index is 1030. The number of rotatable bonds is 0. The first-order chi connectivity index (χ1) is 12.5. The zero-order valence-electron chi connectivity index (χ0n) is 14.0. The minimum atomic E-state index is -0.723. The van der Waals surface area contributed by atoms with Gasteiger partial charge in [0.25, 0.3) is 0 Å². The first kappa shape index (κ1) is 17.8. The van der Waals surface area contributed by atoms with Crippen molar-refractivity contribution in [3.8, 4) is 23.7 Å². The van der Waals surface area contributed by atoms with E-state index < -0.39 is 11.6 Å². The van der Waals surface area contributed by atoms with E-state index in [1.807, 2.05) is 31.2 Å². The smallest absolute Gasteiger partial charge is 0.143 e. The Hall–Kier alpha value is -3.01. The van der Waals surface area contributed by atoms with Crippen molar-refractivity contribution in [3.63, 3.8) is 0 Å². The van der Waals surface area contributed by atoms with Gasteiger partial charge in [-0.1, -0.05) is 41.4 Å². The molecule has 0 N–H and O–H groups in total. The molecule has 26 heavy (non-hydrogen) atoms. The summed E-state index contributed by atoms with van der Waals surface area (Å²) in [5, 5.41) is 0. The molecule has 0 aliphatic carbocycles. The quantitative estimate of drug-likeness (QED) is 0.405. The molecule has 3 aromatic rings. The van der Waals surface area contributed by atoms with Crippen LogP contribution < -0.4 is 0 Å². The average molecular weight is 360 g/mol. The van der Waals surface area contributed by atoms with E-state index in [2.05, 4.69) is 36.3 Å². The second-order valence-electron chi connectivity index (χ2n) is 5.73. The molecule has 0 aliphatic rings. The van der Waals surface area contributed by atoms with Crippen LogP contribution >= 0.6 is 12.6 Å².